The van der Waals surface area contributed by atoms with Gasteiger partial charge in [-0.1, -0.05) is 0 Å². The highest BCUT2D eigenvalue weighted by Crippen LogP contribution is 2.29. The fraction of sp³-hybridized carbons (Fsp3) is 0.0909. The molecule has 2 rings (SSSR count). The second kappa shape index (κ2) is 4.55. The molecule has 0 bridgehead atoms. The monoisotopic (exact) mass is 244 g/mol. The molecule has 90 valence electrons. The van der Waals surface area contributed by atoms with Crippen LogP contribution < -0.4 is 4.74 Å². The highest BCUT2D eigenvalue weighted by molar-refractivity contribution is 5.53. The van der Waals surface area contributed by atoms with Crippen molar-refractivity contribution in [3.8, 4) is 17.5 Å². The summed E-state index contributed by atoms with van der Waals surface area (Å²) < 4.78 is 6.48. The highest BCUT2D eigenvalue weighted by atomic mass is 16.6. The van der Waals surface area contributed by atoms with Crippen molar-refractivity contribution in [2.45, 2.75) is 0 Å². The molecule has 1 aromatic carbocycles. The largest absolute Gasteiger partial charge is 0.490 e. The highest BCUT2D eigenvalue weighted by Gasteiger charge is 2.16. The second-order valence-corrected chi connectivity index (χ2v) is 3.35. The summed E-state index contributed by atoms with van der Waals surface area (Å²) in [5.41, 5.74) is 0.450. The van der Waals surface area contributed by atoms with Gasteiger partial charge < -0.3 is 4.74 Å². The number of imidazole rings is 1. The molecule has 7 nitrogen and oxygen atoms in total. The number of rotatable bonds is 3. The molecule has 0 aliphatic carbocycles. The van der Waals surface area contributed by atoms with Crippen molar-refractivity contribution < 1.29 is 9.66 Å². The van der Waals surface area contributed by atoms with E-state index in [0.717, 1.165) is 0 Å². The minimum Gasteiger partial charge on any atom is -0.490 e. The van der Waals surface area contributed by atoms with Gasteiger partial charge in [0.05, 0.1) is 17.7 Å². The van der Waals surface area contributed by atoms with E-state index >= 15 is 0 Å². The third-order valence-corrected chi connectivity index (χ3v) is 2.38. The van der Waals surface area contributed by atoms with Gasteiger partial charge in [0.25, 0.3) is 0 Å². The number of nitrogens with zero attached hydrogens (tertiary/aromatic N) is 4. The number of hydrogen-bond donors (Lipinski definition) is 0. The Bertz CT molecular complexity index is 642. The number of benzene rings is 1. The van der Waals surface area contributed by atoms with Gasteiger partial charge in [-0.3, -0.25) is 14.7 Å². The summed E-state index contributed by atoms with van der Waals surface area (Å²) in [6.07, 6.45) is 3.08. The molecule has 0 saturated heterocycles. The zero-order valence-electron chi connectivity index (χ0n) is 9.40. The van der Waals surface area contributed by atoms with Gasteiger partial charge in [-0.05, 0) is 6.07 Å². The van der Waals surface area contributed by atoms with E-state index in [1.807, 2.05) is 6.07 Å². The minimum atomic E-state index is -0.526. The van der Waals surface area contributed by atoms with Crippen LogP contribution in [0.3, 0.4) is 0 Å². The Hall–Kier alpha value is -2.88. The first-order valence-corrected chi connectivity index (χ1v) is 4.93. The van der Waals surface area contributed by atoms with Crippen LogP contribution in [-0.2, 0) is 0 Å². The summed E-state index contributed by atoms with van der Waals surface area (Å²) in [6, 6.07) is 6.27. The van der Waals surface area contributed by atoms with E-state index in [-0.39, 0.29) is 17.3 Å². The summed E-state index contributed by atoms with van der Waals surface area (Å²) in [4.78, 5) is 14.1. The fourth-order valence-corrected chi connectivity index (χ4v) is 1.56. The Balaban J connectivity index is 2.55. The summed E-state index contributed by atoms with van der Waals surface area (Å²) in [7, 11) is 1.35. The third kappa shape index (κ3) is 1.87. The van der Waals surface area contributed by atoms with Crippen molar-refractivity contribution in [3.63, 3.8) is 0 Å². The second-order valence-electron chi connectivity index (χ2n) is 3.35. The van der Waals surface area contributed by atoms with Crippen molar-refractivity contribution in [2.75, 3.05) is 7.11 Å². The van der Waals surface area contributed by atoms with Gasteiger partial charge in [0.15, 0.2) is 5.75 Å². The van der Waals surface area contributed by atoms with Crippen molar-refractivity contribution in [3.05, 3.63) is 46.5 Å². The van der Waals surface area contributed by atoms with Gasteiger partial charge in [-0.25, -0.2) is 4.98 Å². The van der Waals surface area contributed by atoms with Crippen molar-refractivity contribution in [1.82, 2.24) is 9.55 Å². The lowest BCUT2D eigenvalue weighted by molar-refractivity contribution is -0.385. The SMILES string of the molecule is COc1cc(-n2ccnc2C#N)ccc1[N+](=O)[O-]. The van der Waals surface area contributed by atoms with E-state index < -0.39 is 4.92 Å². The number of hydrogen-bond acceptors (Lipinski definition) is 5. The molecule has 0 fully saturated rings. The number of nitro groups is 1. The molecule has 0 radical (unpaired) electrons. The normalized spacial score (nSPS) is 9.78. The van der Waals surface area contributed by atoms with Crippen LogP contribution in [0.25, 0.3) is 5.69 Å². The molecule has 0 N–H and O–H groups in total. The quantitative estimate of drug-likeness (QED) is 0.604. The Morgan fingerprint density at radius 2 is 2.33 bits per heavy atom. The van der Waals surface area contributed by atoms with Crippen LogP contribution in [0.2, 0.25) is 0 Å². The molecule has 0 spiro atoms. The van der Waals surface area contributed by atoms with E-state index in [1.54, 1.807) is 6.20 Å². The predicted molar refractivity (Wildman–Crippen MR) is 61.5 cm³/mol. The lowest BCUT2D eigenvalue weighted by Crippen LogP contribution is -1.99. The third-order valence-electron chi connectivity index (χ3n) is 2.38. The van der Waals surface area contributed by atoms with Gasteiger partial charge in [0.2, 0.25) is 5.82 Å². The standard InChI is InChI=1S/C11H8N4O3/c1-18-10-6-8(2-3-9(10)15(16)17)14-5-4-13-11(14)7-12/h2-6H,1H3. The van der Waals surface area contributed by atoms with E-state index in [1.165, 1.54) is 36.1 Å². The van der Waals surface area contributed by atoms with Crippen LogP contribution in [-0.4, -0.2) is 21.6 Å². The molecular weight excluding hydrogens is 236 g/mol. The maximum absolute atomic E-state index is 10.8. The Kier molecular flexibility index (Phi) is 2.93. The number of nitro benzene ring substituents is 1. The van der Waals surface area contributed by atoms with E-state index in [0.29, 0.717) is 5.69 Å². The van der Waals surface area contributed by atoms with Crippen molar-refractivity contribution in [2.24, 2.45) is 0 Å². The molecule has 7 heteroatoms. The smallest absolute Gasteiger partial charge is 0.311 e. The summed E-state index contributed by atoms with van der Waals surface area (Å²) in [5, 5.41) is 19.6. The molecular formula is C11H8N4O3. The first-order valence-electron chi connectivity index (χ1n) is 4.93. The molecule has 0 amide bonds. The lowest BCUT2D eigenvalue weighted by atomic mass is 10.2. The molecule has 2 aromatic rings. The molecule has 1 aromatic heterocycles. The minimum absolute atomic E-state index is 0.125. The van der Waals surface area contributed by atoms with Crippen LogP contribution in [0.4, 0.5) is 5.69 Å². The molecule has 1 heterocycles. The van der Waals surface area contributed by atoms with Crippen LogP contribution in [0.1, 0.15) is 5.82 Å². The number of aromatic nitrogens is 2. The number of methoxy groups -OCH3 is 1. The summed E-state index contributed by atoms with van der Waals surface area (Å²) >= 11 is 0. The van der Waals surface area contributed by atoms with E-state index in [4.69, 9.17) is 10.00 Å². The summed E-state index contributed by atoms with van der Waals surface area (Å²) in [5.74, 6) is 0.334. The van der Waals surface area contributed by atoms with Gasteiger partial charge in [0, 0.05) is 24.5 Å². The Morgan fingerprint density at radius 1 is 1.56 bits per heavy atom. The first-order chi connectivity index (χ1) is 8.67. The maximum atomic E-state index is 10.8. The molecule has 18 heavy (non-hydrogen) atoms. The van der Waals surface area contributed by atoms with Crippen LogP contribution in [0.15, 0.2) is 30.6 Å². The molecule has 0 atom stereocenters. The van der Waals surface area contributed by atoms with Gasteiger partial charge in [-0.2, -0.15) is 5.26 Å². The topological polar surface area (TPSA) is 94.0 Å². The zero-order valence-corrected chi connectivity index (χ0v) is 9.40. The van der Waals surface area contributed by atoms with Crippen molar-refractivity contribution in [1.29, 1.82) is 5.26 Å². The Morgan fingerprint density at radius 3 is 2.94 bits per heavy atom. The molecule has 0 saturated carbocycles. The number of ether oxygens (including phenoxy) is 1. The van der Waals surface area contributed by atoms with Crippen LogP contribution >= 0.6 is 0 Å². The lowest BCUT2D eigenvalue weighted by Gasteiger charge is -2.06. The van der Waals surface area contributed by atoms with E-state index in [9.17, 15) is 10.1 Å². The van der Waals surface area contributed by atoms with Gasteiger partial charge in [-0.15, -0.1) is 0 Å². The first kappa shape index (κ1) is 11.6. The van der Waals surface area contributed by atoms with E-state index in [2.05, 4.69) is 4.98 Å². The summed E-state index contributed by atoms with van der Waals surface area (Å²) in [6.45, 7) is 0. The van der Waals surface area contributed by atoms with Crippen LogP contribution in [0, 0.1) is 21.4 Å². The predicted octanol–water partition coefficient (Wildman–Crippen LogP) is 1.66. The average Bonchev–Trinajstić information content (AvgIpc) is 2.86. The average molecular weight is 244 g/mol. The maximum Gasteiger partial charge on any atom is 0.311 e. The molecule has 0 aliphatic rings. The fourth-order valence-electron chi connectivity index (χ4n) is 1.56. The zero-order chi connectivity index (χ0) is 13.1. The number of nitriles is 1. The molecule has 0 unspecified atom stereocenters. The van der Waals surface area contributed by atoms with Gasteiger partial charge >= 0.3 is 5.69 Å². The van der Waals surface area contributed by atoms with Crippen molar-refractivity contribution >= 4 is 5.69 Å². The van der Waals surface area contributed by atoms with Gasteiger partial charge in [0.1, 0.15) is 6.07 Å². The molecule has 0 aliphatic heterocycles. The Labute approximate surface area is 102 Å². The van der Waals surface area contributed by atoms with Crippen LogP contribution in [0.5, 0.6) is 5.75 Å².